The molecule has 0 amide bonds. The predicted octanol–water partition coefficient (Wildman–Crippen LogP) is 11.5. The number of nitrogens with zero attached hydrogens (tertiary/aromatic N) is 3. The van der Waals surface area contributed by atoms with Crippen LogP contribution in [0.1, 0.15) is 78.0 Å². The second kappa shape index (κ2) is 42.5. The average Bonchev–Trinajstić information content (AvgIpc) is 3.19. The number of carbonyl (C=O) groups excluding carboxylic acids is 1. The van der Waals surface area contributed by atoms with E-state index in [-0.39, 0.29) is 5.78 Å². The van der Waals surface area contributed by atoms with Gasteiger partial charge < -0.3 is 23.7 Å². The molecule has 0 spiro atoms. The predicted molar refractivity (Wildman–Crippen MR) is 251 cm³/mol. The van der Waals surface area contributed by atoms with E-state index in [2.05, 4.69) is 53.5 Å². The van der Waals surface area contributed by atoms with Gasteiger partial charge in [-0.25, -0.2) is 18.4 Å². The Morgan fingerprint density at radius 3 is 0.898 bits per heavy atom. The number of pyridine rings is 1. The van der Waals surface area contributed by atoms with E-state index in [0.717, 1.165) is 46.8 Å². The molecule has 332 valence electrons. The first-order valence-corrected chi connectivity index (χ1v) is 21.3. The Bertz CT molecular complexity index is 1500. The molecule has 0 atom stereocenters. The number of Topliss-reactive ketones (excluding diaryl/α,β-unsaturated/α-hetero) is 1. The maximum Gasteiger partial charge on any atom is 0.144 e. The average molecular weight is 840 g/mol. The van der Waals surface area contributed by atoms with Crippen LogP contribution in [0.3, 0.4) is 0 Å². The Kier molecular flexibility index (Phi) is 45.4. The molecule has 0 unspecified atom stereocenters. The Hall–Kier alpha value is -5.13. The van der Waals surface area contributed by atoms with Gasteiger partial charge in [-0.05, 0) is 101 Å². The number of aromatic nitrogens is 3. The first kappa shape index (κ1) is 63.0. The summed E-state index contributed by atoms with van der Waals surface area (Å²) in [4.78, 5) is 21.5. The molecule has 0 aliphatic heterocycles. The highest BCUT2D eigenvalue weighted by atomic mass is 32.2. The van der Waals surface area contributed by atoms with Gasteiger partial charge in [0.05, 0.1) is 21.3 Å². The molecule has 11 heteroatoms. The molecule has 0 N–H and O–H groups in total. The normalized spacial score (nSPS) is 8.86. The number of hydrogen-bond acceptors (Lipinski definition) is 10. The van der Waals surface area contributed by atoms with Crippen molar-refractivity contribution in [1.82, 2.24) is 15.0 Å². The highest BCUT2D eigenvalue weighted by Crippen LogP contribution is 2.08. The van der Waals surface area contributed by atoms with Crippen molar-refractivity contribution < 1.29 is 32.2 Å². The number of para-hydroxylation sites is 3. The topological polar surface area (TPSA) is 127 Å². The number of ketones is 1. The minimum absolute atomic E-state index is 0.167. The van der Waals surface area contributed by atoms with Gasteiger partial charge in [-0.1, -0.05) is 102 Å². The van der Waals surface area contributed by atoms with Gasteiger partial charge in [0.25, 0.3) is 0 Å². The summed E-state index contributed by atoms with van der Waals surface area (Å²) in [6.45, 7) is 23.7. The van der Waals surface area contributed by atoms with E-state index < -0.39 is 9.84 Å². The number of benzene rings is 3. The van der Waals surface area contributed by atoms with Crippen LogP contribution in [-0.2, 0) is 19.4 Å². The minimum atomic E-state index is -2.67. The maximum atomic E-state index is 9.63. The Morgan fingerprint density at radius 2 is 0.746 bits per heavy atom. The molecule has 0 aliphatic rings. The molecule has 59 heavy (non-hydrogen) atoms. The molecule has 0 radical (unpaired) electrons. The van der Waals surface area contributed by atoms with E-state index in [1.54, 1.807) is 35.5 Å². The SMILES string of the molecule is CC.CC(C)(C)C.CC(C)=O.COC.COc1ccccc1.COc1ccccc1.COc1ccccc1.CS(C)(=O)=O.Cc1ccc(C)nc1.Cc1cnc(C)nc1. The fourth-order valence-electron chi connectivity index (χ4n) is 2.67. The van der Waals surface area contributed by atoms with E-state index in [1.807, 2.05) is 157 Å². The standard InChI is InChI=1S/C7H9N.3C7H8O.C6H8N2.C5H12.C3H6O.C2H6O2S.C2H6O.C2H6/c1-6-3-4-7(2)8-5-6;3*1-8-7-5-3-2-4-6-7;1-5-3-7-6(2)8-4-5;1-5(2,3)4;1-3(2)4;1-5(2,3)4;1-3-2;1-2/h3-5H,1-2H3;3*2-6H,1H3;3-4H,1-2H3;1-4H3;1-2H3;1-2H3;1-2H3;1-2H3. The molecule has 5 rings (SSSR count). The zero-order chi connectivity index (χ0) is 46.7. The van der Waals surface area contributed by atoms with Crippen molar-refractivity contribution in [3.63, 3.8) is 0 Å². The van der Waals surface area contributed by atoms with E-state index in [9.17, 15) is 13.2 Å². The molecule has 5 aromatic rings. The summed E-state index contributed by atoms with van der Waals surface area (Å²) in [5, 5.41) is 0. The van der Waals surface area contributed by atoms with Gasteiger partial charge in [0, 0.05) is 51.0 Å². The lowest BCUT2D eigenvalue weighted by Crippen LogP contribution is -1.93. The van der Waals surface area contributed by atoms with Gasteiger partial charge in [0.1, 0.15) is 38.7 Å². The van der Waals surface area contributed by atoms with Crippen LogP contribution in [0.4, 0.5) is 0 Å². The summed E-state index contributed by atoms with van der Waals surface area (Å²) in [5.41, 5.74) is 3.90. The largest absolute Gasteiger partial charge is 0.497 e. The van der Waals surface area contributed by atoms with Gasteiger partial charge in [0.2, 0.25) is 0 Å². The maximum absolute atomic E-state index is 9.63. The molecule has 0 saturated carbocycles. The van der Waals surface area contributed by atoms with Crippen molar-refractivity contribution in [2.45, 2.75) is 83.1 Å². The number of ether oxygens (including phenoxy) is 4. The number of methoxy groups -OCH3 is 4. The lowest BCUT2D eigenvalue weighted by molar-refractivity contribution is -0.115. The number of rotatable bonds is 3. The molecule has 0 saturated heterocycles. The van der Waals surface area contributed by atoms with Crippen LogP contribution in [0.15, 0.2) is 122 Å². The summed E-state index contributed by atoms with van der Waals surface area (Å²) >= 11 is 0. The molecule has 0 bridgehead atoms. The summed E-state index contributed by atoms with van der Waals surface area (Å²) in [6.07, 6.45) is 7.81. The quantitative estimate of drug-likeness (QED) is 0.173. The van der Waals surface area contributed by atoms with Gasteiger partial charge in [-0.15, -0.1) is 0 Å². The van der Waals surface area contributed by atoms with Gasteiger partial charge in [-0.2, -0.15) is 0 Å². The minimum Gasteiger partial charge on any atom is -0.497 e. The van der Waals surface area contributed by atoms with E-state index in [1.165, 1.54) is 19.4 Å². The first-order valence-electron chi connectivity index (χ1n) is 19.0. The fraction of sp³-hybridized carbons (Fsp3) is 0.417. The van der Waals surface area contributed by atoms with Crippen molar-refractivity contribution in [2.24, 2.45) is 5.41 Å². The molecule has 0 fully saturated rings. The molecule has 3 aromatic carbocycles. The van der Waals surface area contributed by atoms with Crippen molar-refractivity contribution in [3.8, 4) is 17.2 Å². The van der Waals surface area contributed by atoms with Gasteiger partial charge >= 0.3 is 0 Å². The Labute approximate surface area is 359 Å². The number of carbonyl (C=O) groups is 1. The number of aryl methyl sites for hydroxylation is 4. The van der Waals surface area contributed by atoms with Crippen molar-refractivity contribution >= 4 is 15.6 Å². The highest BCUT2D eigenvalue weighted by Gasteiger charge is 1.95. The van der Waals surface area contributed by atoms with Crippen LogP contribution in [0.25, 0.3) is 0 Å². The zero-order valence-corrected chi connectivity index (χ0v) is 40.5. The third-order valence-corrected chi connectivity index (χ3v) is 4.91. The summed E-state index contributed by atoms with van der Waals surface area (Å²) in [5.74, 6) is 3.73. The highest BCUT2D eigenvalue weighted by molar-refractivity contribution is 7.89. The second-order valence-electron chi connectivity index (χ2n) is 13.8. The van der Waals surface area contributed by atoms with E-state index in [4.69, 9.17) is 14.2 Å². The van der Waals surface area contributed by atoms with Crippen LogP contribution in [0.5, 0.6) is 17.2 Å². The van der Waals surface area contributed by atoms with E-state index >= 15 is 0 Å². The van der Waals surface area contributed by atoms with Crippen LogP contribution in [0.2, 0.25) is 0 Å². The van der Waals surface area contributed by atoms with Crippen molar-refractivity contribution in [2.75, 3.05) is 48.1 Å². The molecule has 2 heterocycles. The Morgan fingerprint density at radius 1 is 0.508 bits per heavy atom. The number of sulfone groups is 1. The summed E-state index contributed by atoms with van der Waals surface area (Å²) < 4.78 is 38.3. The van der Waals surface area contributed by atoms with Crippen LogP contribution in [0, 0.1) is 33.1 Å². The first-order chi connectivity index (χ1) is 27.5. The lowest BCUT2D eigenvalue weighted by atomic mass is 10.0. The van der Waals surface area contributed by atoms with Gasteiger partial charge in [0.15, 0.2) is 0 Å². The Balaban J connectivity index is -0.000000187. The van der Waals surface area contributed by atoms with Crippen molar-refractivity contribution in [3.05, 3.63) is 144 Å². The molecular weight excluding hydrogens is 763 g/mol. The molecular formula is C48H77N3O7S. The van der Waals surface area contributed by atoms with Crippen LogP contribution >= 0.6 is 0 Å². The monoisotopic (exact) mass is 840 g/mol. The second-order valence-corrected chi connectivity index (χ2v) is 16.1. The smallest absolute Gasteiger partial charge is 0.144 e. The molecule has 0 aliphatic carbocycles. The summed E-state index contributed by atoms with van der Waals surface area (Å²) in [7, 11) is 5.57. The fourth-order valence-corrected chi connectivity index (χ4v) is 2.67. The molecule has 2 aromatic heterocycles. The lowest BCUT2D eigenvalue weighted by Gasteiger charge is -2.05. The van der Waals surface area contributed by atoms with Crippen LogP contribution in [-0.4, -0.2) is 77.2 Å². The molecule has 10 nitrogen and oxygen atoms in total. The van der Waals surface area contributed by atoms with Gasteiger partial charge in [-0.3, -0.25) is 4.98 Å². The van der Waals surface area contributed by atoms with Crippen LogP contribution < -0.4 is 14.2 Å². The van der Waals surface area contributed by atoms with E-state index in [0.29, 0.717) is 5.41 Å². The number of hydrogen-bond donors (Lipinski definition) is 0. The summed E-state index contributed by atoms with van der Waals surface area (Å²) in [6, 6.07) is 33.1. The van der Waals surface area contributed by atoms with Crippen molar-refractivity contribution in [1.29, 1.82) is 0 Å². The zero-order valence-electron chi connectivity index (χ0n) is 39.7. The third kappa shape index (κ3) is 68.0. The third-order valence-electron chi connectivity index (χ3n) is 4.91.